The molecule has 0 radical (unpaired) electrons. The number of carbonyl (C=O) groups excluding carboxylic acids is 1. The number of thioether (sulfide) groups is 1. The SMILES string of the molecule is COc1ccc(Cl)cc1NC(=O)[C@@H](C)Sc1ncn[nH]1. The van der Waals surface area contributed by atoms with Gasteiger partial charge in [-0.25, -0.2) is 4.98 Å². The summed E-state index contributed by atoms with van der Waals surface area (Å²) in [5.41, 5.74) is 0.537. The summed E-state index contributed by atoms with van der Waals surface area (Å²) in [6.07, 6.45) is 1.40. The van der Waals surface area contributed by atoms with Gasteiger partial charge in [-0.15, -0.1) is 0 Å². The van der Waals surface area contributed by atoms with E-state index in [2.05, 4.69) is 20.5 Å². The number of ether oxygens (including phenoxy) is 1. The molecular weight excluding hydrogens is 300 g/mol. The van der Waals surface area contributed by atoms with Crippen LogP contribution in [0, 0.1) is 0 Å². The number of hydrogen-bond donors (Lipinski definition) is 2. The molecule has 0 bridgehead atoms. The van der Waals surface area contributed by atoms with Crippen LogP contribution < -0.4 is 10.1 Å². The standard InChI is InChI=1S/C12H13ClN4O2S/c1-7(20-12-14-6-15-17-12)11(18)16-9-5-8(13)3-4-10(9)19-2/h3-7H,1-2H3,(H,16,18)(H,14,15,17)/t7-/m1/s1. The number of anilines is 1. The van der Waals surface area contributed by atoms with E-state index in [4.69, 9.17) is 16.3 Å². The molecule has 1 atom stereocenters. The van der Waals surface area contributed by atoms with E-state index in [0.717, 1.165) is 0 Å². The van der Waals surface area contributed by atoms with E-state index in [0.29, 0.717) is 21.6 Å². The minimum absolute atomic E-state index is 0.174. The number of amides is 1. The largest absolute Gasteiger partial charge is 0.495 e. The molecule has 0 saturated carbocycles. The van der Waals surface area contributed by atoms with Gasteiger partial charge >= 0.3 is 0 Å². The maximum atomic E-state index is 12.1. The van der Waals surface area contributed by atoms with E-state index in [1.54, 1.807) is 25.1 Å². The number of halogens is 1. The molecule has 0 saturated heterocycles. The molecule has 0 aliphatic carbocycles. The first-order chi connectivity index (χ1) is 9.60. The second-order valence-electron chi connectivity index (χ2n) is 3.88. The lowest BCUT2D eigenvalue weighted by atomic mass is 10.3. The molecule has 1 aromatic carbocycles. The van der Waals surface area contributed by atoms with Crippen LogP contribution in [-0.2, 0) is 4.79 Å². The fourth-order valence-electron chi connectivity index (χ4n) is 1.48. The minimum Gasteiger partial charge on any atom is -0.495 e. The maximum absolute atomic E-state index is 12.1. The van der Waals surface area contributed by atoms with Crippen LogP contribution in [0.25, 0.3) is 0 Å². The van der Waals surface area contributed by atoms with Crippen LogP contribution >= 0.6 is 23.4 Å². The van der Waals surface area contributed by atoms with Crippen LogP contribution in [-0.4, -0.2) is 33.4 Å². The van der Waals surface area contributed by atoms with Crippen molar-refractivity contribution in [3.63, 3.8) is 0 Å². The molecule has 2 aromatic rings. The van der Waals surface area contributed by atoms with Gasteiger partial charge in [-0.05, 0) is 25.1 Å². The number of H-pyrrole nitrogens is 1. The highest BCUT2D eigenvalue weighted by atomic mass is 35.5. The van der Waals surface area contributed by atoms with Crippen LogP contribution in [0.5, 0.6) is 5.75 Å². The Hall–Kier alpha value is -1.73. The van der Waals surface area contributed by atoms with Gasteiger partial charge in [0.2, 0.25) is 5.91 Å². The molecule has 1 aromatic heterocycles. The summed E-state index contributed by atoms with van der Waals surface area (Å²) in [7, 11) is 1.53. The van der Waals surface area contributed by atoms with Crippen LogP contribution in [0.1, 0.15) is 6.92 Å². The van der Waals surface area contributed by atoms with Crippen LogP contribution in [0.4, 0.5) is 5.69 Å². The summed E-state index contributed by atoms with van der Waals surface area (Å²) in [6, 6.07) is 5.04. The molecule has 0 spiro atoms. The number of aromatic nitrogens is 3. The summed E-state index contributed by atoms with van der Waals surface area (Å²) < 4.78 is 5.18. The van der Waals surface area contributed by atoms with E-state index in [1.807, 2.05) is 0 Å². The number of benzene rings is 1. The van der Waals surface area contributed by atoms with Gasteiger partial charge in [-0.1, -0.05) is 23.4 Å². The van der Waals surface area contributed by atoms with Gasteiger partial charge in [0, 0.05) is 5.02 Å². The van der Waals surface area contributed by atoms with Gasteiger partial charge in [-0.3, -0.25) is 9.89 Å². The number of rotatable bonds is 5. The first kappa shape index (κ1) is 14.7. The van der Waals surface area contributed by atoms with Crippen LogP contribution in [0.2, 0.25) is 5.02 Å². The summed E-state index contributed by atoms with van der Waals surface area (Å²) in [4.78, 5) is 16.1. The summed E-state index contributed by atoms with van der Waals surface area (Å²) in [5, 5.41) is 9.98. The Morgan fingerprint density at radius 3 is 3.00 bits per heavy atom. The Bertz CT molecular complexity index is 591. The van der Waals surface area contributed by atoms with Gasteiger partial charge < -0.3 is 10.1 Å². The molecule has 0 unspecified atom stereocenters. The van der Waals surface area contributed by atoms with Gasteiger partial charge in [0.1, 0.15) is 12.1 Å². The highest BCUT2D eigenvalue weighted by Gasteiger charge is 2.17. The van der Waals surface area contributed by atoms with Gasteiger partial charge in [0.05, 0.1) is 18.0 Å². The normalized spacial score (nSPS) is 11.9. The summed E-state index contributed by atoms with van der Waals surface area (Å²) in [6.45, 7) is 1.78. The Morgan fingerprint density at radius 1 is 1.55 bits per heavy atom. The first-order valence-electron chi connectivity index (χ1n) is 5.76. The minimum atomic E-state index is -0.341. The van der Waals surface area contributed by atoms with Crippen molar-refractivity contribution in [2.45, 2.75) is 17.3 Å². The number of hydrogen-bond acceptors (Lipinski definition) is 5. The molecule has 2 N–H and O–H groups in total. The van der Waals surface area contributed by atoms with Crippen LogP contribution in [0.15, 0.2) is 29.7 Å². The van der Waals surface area contributed by atoms with Crippen molar-refractivity contribution in [2.24, 2.45) is 0 Å². The Balaban J connectivity index is 2.05. The number of aromatic amines is 1. The lowest BCUT2D eigenvalue weighted by molar-refractivity contribution is -0.115. The Labute approximate surface area is 125 Å². The van der Waals surface area contributed by atoms with Crippen molar-refractivity contribution >= 4 is 35.0 Å². The lowest BCUT2D eigenvalue weighted by Crippen LogP contribution is -2.22. The zero-order valence-electron chi connectivity index (χ0n) is 10.9. The second-order valence-corrected chi connectivity index (χ2v) is 5.65. The molecule has 0 fully saturated rings. The molecule has 0 aliphatic heterocycles. The van der Waals surface area contributed by atoms with E-state index < -0.39 is 0 Å². The van der Waals surface area contributed by atoms with Gasteiger partial charge in [-0.2, -0.15) is 5.10 Å². The topological polar surface area (TPSA) is 79.9 Å². The van der Waals surface area contributed by atoms with Crippen molar-refractivity contribution < 1.29 is 9.53 Å². The highest BCUT2D eigenvalue weighted by molar-refractivity contribution is 8.00. The Kier molecular flexibility index (Phi) is 4.86. The molecule has 6 nitrogen and oxygen atoms in total. The summed E-state index contributed by atoms with van der Waals surface area (Å²) in [5.74, 6) is 0.381. The van der Waals surface area contributed by atoms with Crippen molar-refractivity contribution in [2.75, 3.05) is 12.4 Å². The van der Waals surface area contributed by atoms with E-state index >= 15 is 0 Å². The quantitative estimate of drug-likeness (QED) is 0.830. The number of carbonyl (C=O) groups is 1. The van der Waals surface area contributed by atoms with Crippen molar-refractivity contribution in [1.82, 2.24) is 15.2 Å². The van der Waals surface area contributed by atoms with E-state index in [1.165, 1.54) is 25.2 Å². The van der Waals surface area contributed by atoms with Crippen LogP contribution in [0.3, 0.4) is 0 Å². The number of nitrogens with zero attached hydrogens (tertiary/aromatic N) is 2. The van der Waals surface area contributed by atoms with Gasteiger partial charge in [0.25, 0.3) is 0 Å². The second kappa shape index (κ2) is 6.62. The monoisotopic (exact) mass is 312 g/mol. The molecule has 106 valence electrons. The molecule has 2 rings (SSSR count). The fourth-order valence-corrected chi connectivity index (χ4v) is 2.37. The predicted octanol–water partition coefficient (Wildman–Crippen LogP) is 2.59. The third-order valence-electron chi connectivity index (χ3n) is 2.47. The van der Waals surface area contributed by atoms with Gasteiger partial charge in [0.15, 0.2) is 5.16 Å². The number of nitrogens with one attached hydrogen (secondary N) is 2. The van der Waals surface area contributed by atoms with E-state index in [-0.39, 0.29) is 11.2 Å². The highest BCUT2D eigenvalue weighted by Crippen LogP contribution is 2.29. The van der Waals surface area contributed by atoms with Crippen molar-refractivity contribution in [3.05, 3.63) is 29.5 Å². The average Bonchev–Trinajstić information content (AvgIpc) is 2.91. The molecule has 0 aliphatic rings. The lowest BCUT2D eigenvalue weighted by Gasteiger charge is -2.13. The molecule has 1 heterocycles. The summed E-state index contributed by atoms with van der Waals surface area (Å²) >= 11 is 7.20. The Morgan fingerprint density at radius 2 is 2.35 bits per heavy atom. The molecular formula is C12H13ClN4O2S. The zero-order chi connectivity index (χ0) is 14.5. The van der Waals surface area contributed by atoms with E-state index in [9.17, 15) is 4.79 Å². The molecule has 8 heteroatoms. The number of methoxy groups -OCH3 is 1. The van der Waals surface area contributed by atoms with Crippen molar-refractivity contribution in [1.29, 1.82) is 0 Å². The molecule has 20 heavy (non-hydrogen) atoms. The third-order valence-corrected chi connectivity index (χ3v) is 3.69. The zero-order valence-corrected chi connectivity index (χ0v) is 12.5. The smallest absolute Gasteiger partial charge is 0.237 e. The first-order valence-corrected chi connectivity index (χ1v) is 7.02. The maximum Gasteiger partial charge on any atom is 0.237 e. The fraction of sp³-hybridized carbons (Fsp3) is 0.250. The third kappa shape index (κ3) is 3.64. The predicted molar refractivity (Wildman–Crippen MR) is 78.3 cm³/mol. The van der Waals surface area contributed by atoms with Crippen molar-refractivity contribution in [3.8, 4) is 5.75 Å². The molecule has 1 amide bonds. The average molecular weight is 313 g/mol.